The number of nitrogens with zero attached hydrogens (tertiary/aromatic N) is 2. The van der Waals surface area contributed by atoms with Crippen molar-refractivity contribution in [2.24, 2.45) is 0 Å². The molecule has 0 radical (unpaired) electrons. The van der Waals surface area contributed by atoms with E-state index < -0.39 is 0 Å². The van der Waals surface area contributed by atoms with E-state index in [0.717, 1.165) is 31.4 Å². The first-order valence-corrected chi connectivity index (χ1v) is 7.96. The number of unbranched alkanes of at least 4 members (excludes halogenated alkanes) is 1. The maximum atomic E-state index is 12.4. The molecule has 1 amide bonds. The van der Waals surface area contributed by atoms with Gasteiger partial charge in [0.05, 0.1) is 5.69 Å². The van der Waals surface area contributed by atoms with Gasteiger partial charge >= 0.3 is 0 Å². The minimum absolute atomic E-state index is 0.184. The Morgan fingerprint density at radius 3 is 2.91 bits per heavy atom. The highest BCUT2D eigenvalue weighted by Gasteiger charge is 2.21. The number of hydrogen-bond acceptors (Lipinski definition) is 5. The van der Waals surface area contributed by atoms with Crippen LogP contribution in [0.25, 0.3) is 11.3 Å². The van der Waals surface area contributed by atoms with Gasteiger partial charge in [-0.05, 0) is 31.9 Å². The molecule has 6 heteroatoms. The summed E-state index contributed by atoms with van der Waals surface area (Å²) in [6.45, 7) is 5.87. The maximum Gasteiger partial charge on any atom is 0.257 e. The van der Waals surface area contributed by atoms with Crippen LogP contribution in [0.15, 0.2) is 29.0 Å². The molecule has 0 saturated carbocycles. The highest BCUT2D eigenvalue weighted by molar-refractivity contribution is 6.00. The summed E-state index contributed by atoms with van der Waals surface area (Å²) in [4.78, 5) is 16.4. The smallest absolute Gasteiger partial charge is 0.257 e. The van der Waals surface area contributed by atoms with Gasteiger partial charge in [0.25, 0.3) is 5.91 Å². The summed E-state index contributed by atoms with van der Waals surface area (Å²) in [5.74, 6) is 0.267. The van der Waals surface area contributed by atoms with Gasteiger partial charge in [-0.2, -0.15) is 0 Å². The van der Waals surface area contributed by atoms with Gasteiger partial charge in [-0.3, -0.25) is 9.78 Å². The molecule has 0 aliphatic carbocycles. The summed E-state index contributed by atoms with van der Waals surface area (Å²) in [5.41, 5.74) is 1.77. The van der Waals surface area contributed by atoms with Crippen LogP contribution in [0.2, 0.25) is 0 Å². The molecule has 0 spiro atoms. The fourth-order valence-electron chi connectivity index (χ4n) is 2.14. The number of nitrogens with one attached hydrogen (secondary N) is 1. The largest absolute Gasteiger partial charge is 0.381 e. The van der Waals surface area contributed by atoms with Crippen molar-refractivity contribution in [2.45, 2.75) is 33.1 Å². The van der Waals surface area contributed by atoms with E-state index in [1.807, 2.05) is 6.07 Å². The Morgan fingerprint density at radius 2 is 2.17 bits per heavy atom. The lowest BCUT2D eigenvalue weighted by atomic mass is 10.1. The van der Waals surface area contributed by atoms with Crippen molar-refractivity contribution >= 4 is 5.91 Å². The van der Waals surface area contributed by atoms with Crippen LogP contribution < -0.4 is 5.32 Å². The predicted octanol–water partition coefficient (Wildman–Crippen LogP) is 2.98. The number of carbonyl (C=O) groups is 1. The maximum absolute atomic E-state index is 12.4. The third-order valence-electron chi connectivity index (χ3n) is 3.41. The van der Waals surface area contributed by atoms with Crippen LogP contribution >= 0.6 is 0 Å². The highest BCUT2D eigenvalue weighted by Crippen LogP contribution is 2.25. The van der Waals surface area contributed by atoms with E-state index in [1.54, 1.807) is 25.4 Å². The first kappa shape index (κ1) is 17.1. The van der Waals surface area contributed by atoms with Crippen molar-refractivity contribution in [1.29, 1.82) is 0 Å². The average Bonchev–Trinajstić information content (AvgIpc) is 2.96. The molecule has 0 atom stereocenters. The molecule has 0 aliphatic rings. The summed E-state index contributed by atoms with van der Waals surface area (Å²) < 4.78 is 10.8. The number of rotatable bonds is 9. The molecular formula is C17H23N3O3. The molecule has 1 N–H and O–H groups in total. The molecule has 2 aromatic heterocycles. The molecule has 0 bridgehead atoms. The van der Waals surface area contributed by atoms with Gasteiger partial charge in [-0.1, -0.05) is 18.5 Å². The molecule has 23 heavy (non-hydrogen) atoms. The van der Waals surface area contributed by atoms with Gasteiger partial charge in [0.1, 0.15) is 5.56 Å². The van der Waals surface area contributed by atoms with Crippen LogP contribution in [-0.4, -0.2) is 35.8 Å². The Bertz CT molecular complexity index is 611. The summed E-state index contributed by atoms with van der Waals surface area (Å²) in [6, 6.07) is 3.63. The molecule has 0 aromatic carbocycles. The Balaban J connectivity index is 1.89. The zero-order valence-electron chi connectivity index (χ0n) is 13.7. The SMILES string of the molecule is CCCCOCCCNC(=O)c1c(C)noc1-c1cccnc1. The number of carbonyl (C=O) groups excluding carboxylic acids is 1. The second-order valence-electron chi connectivity index (χ2n) is 5.29. The first-order valence-electron chi connectivity index (χ1n) is 7.96. The lowest BCUT2D eigenvalue weighted by molar-refractivity contribution is 0.0940. The minimum Gasteiger partial charge on any atom is -0.381 e. The molecule has 0 aliphatic heterocycles. The van der Waals surface area contributed by atoms with Gasteiger partial charge < -0.3 is 14.6 Å². The fraction of sp³-hybridized carbons (Fsp3) is 0.471. The Kier molecular flexibility index (Phi) is 6.75. The van der Waals surface area contributed by atoms with E-state index >= 15 is 0 Å². The van der Waals surface area contributed by atoms with Crippen LogP contribution in [0.4, 0.5) is 0 Å². The Hall–Kier alpha value is -2.21. The van der Waals surface area contributed by atoms with Crippen molar-refractivity contribution in [3.05, 3.63) is 35.8 Å². The van der Waals surface area contributed by atoms with Crippen molar-refractivity contribution < 1.29 is 14.1 Å². The lowest BCUT2D eigenvalue weighted by Gasteiger charge is -2.06. The standard InChI is InChI=1S/C17H23N3O3/c1-3-4-10-22-11-6-9-19-17(21)15-13(2)20-23-16(15)14-7-5-8-18-12-14/h5,7-8,12H,3-4,6,9-11H2,1-2H3,(H,19,21). The van der Waals surface area contributed by atoms with Crippen LogP contribution in [0.1, 0.15) is 42.2 Å². The summed E-state index contributed by atoms with van der Waals surface area (Å²) in [5, 5.41) is 6.79. The van der Waals surface area contributed by atoms with E-state index in [1.165, 1.54) is 0 Å². The van der Waals surface area contributed by atoms with E-state index in [2.05, 4.69) is 22.4 Å². The summed E-state index contributed by atoms with van der Waals surface area (Å²) >= 11 is 0. The minimum atomic E-state index is -0.184. The monoisotopic (exact) mass is 317 g/mol. The van der Waals surface area contributed by atoms with Gasteiger partial charge in [0, 0.05) is 37.7 Å². The number of amides is 1. The van der Waals surface area contributed by atoms with E-state index in [4.69, 9.17) is 9.26 Å². The fourth-order valence-corrected chi connectivity index (χ4v) is 2.14. The van der Waals surface area contributed by atoms with Crippen LogP contribution in [-0.2, 0) is 4.74 Å². The van der Waals surface area contributed by atoms with Crippen molar-refractivity contribution in [3.63, 3.8) is 0 Å². The summed E-state index contributed by atoms with van der Waals surface area (Å²) in [7, 11) is 0. The average molecular weight is 317 g/mol. The summed E-state index contributed by atoms with van der Waals surface area (Å²) in [6.07, 6.45) is 6.30. The van der Waals surface area contributed by atoms with Gasteiger partial charge in [-0.25, -0.2) is 0 Å². The Labute approximate surface area is 136 Å². The van der Waals surface area contributed by atoms with Crippen molar-refractivity contribution in [1.82, 2.24) is 15.5 Å². The van der Waals surface area contributed by atoms with E-state index in [0.29, 0.717) is 30.2 Å². The Morgan fingerprint density at radius 1 is 1.35 bits per heavy atom. The topological polar surface area (TPSA) is 77.2 Å². The molecule has 6 nitrogen and oxygen atoms in total. The van der Waals surface area contributed by atoms with Crippen LogP contribution in [0, 0.1) is 6.92 Å². The van der Waals surface area contributed by atoms with Gasteiger partial charge in [-0.15, -0.1) is 0 Å². The predicted molar refractivity (Wildman–Crippen MR) is 87.1 cm³/mol. The molecule has 2 rings (SSSR count). The van der Waals surface area contributed by atoms with E-state index in [-0.39, 0.29) is 5.91 Å². The van der Waals surface area contributed by atoms with Crippen LogP contribution in [0.5, 0.6) is 0 Å². The molecule has 0 unspecified atom stereocenters. The number of aromatic nitrogens is 2. The molecule has 124 valence electrons. The molecule has 2 aromatic rings. The van der Waals surface area contributed by atoms with Gasteiger partial charge in [0.15, 0.2) is 5.76 Å². The zero-order chi connectivity index (χ0) is 16.5. The number of aryl methyl sites for hydroxylation is 1. The molecule has 0 saturated heterocycles. The third-order valence-corrected chi connectivity index (χ3v) is 3.41. The molecule has 0 fully saturated rings. The first-order chi connectivity index (χ1) is 11.2. The van der Waals surface area contributed by atoms with Crippen molar-refractivity contribution in [3.8, 4) is 11.3 Å². The van der Waals surface area contributed by atoms with Gasteiger partial charge in [0.2, 0.25) is 0 Å². The third kappa shape index (κ3) is 4.89. The molecular weight excluding hydrogens is 294 g/mol. The molecule has 2 heterocycles. The van der Waals surface area contributed by atoms with Crippen molar-refractivity contribution in [2.75, 3.05) is 19.8 Å². The number of ether oxygens (including phenoxy) is 1. The van der Waals surface area contributed by atoms with E-state index in [9.17, 15) is 4.79 Å². The van der Waals surface area contributed by atoms with Crippen LogP contribution in [0.3, 0.4) is 0 Å². The second-order valence-corrected chi connectivity index (χ2v) is 5.29. The second kappa shape index (κ2) is 9.05. The lowest BCUT2D eigenvalue weighted by Crippen LogP contribution is -2.26. The normalized spacial score (nSPS) is 10.7. The highest BCUT2D eigenvalue weighted by atomic mass is 16.5. The quantitative estimate of drug-likeness (QED) is 0.719. The number of hydrogen-bond donors (Lipinski definition) is 1. The number of pyridine rings is 1. The zero-order valence-corrected chi connectivity index (χ0v) is 13.7.